The number of carbonyl (C=O) groups excluding carboxylic acids is 2. The van der Waals surface area contributed by atoms with Crippen LogP contribution in [0.25, 0.3) is 21.9 Å². The van der Waals surface area contributed by atoms with Gasteiger partial charge >= 0.3 is 0 Å². The van der Waals surface area contributed by atoms with E-state index in [9.17, 15) is 9.59 Å². The molecule has 0 saturated heterocycles. The fourth-order valence-corrected chi connectivity index (χ4v) is 4.43. The van der Waals surface area contributed by atoms with Crippen LogP contribution in [0.5, 0.6) is 17.2 Å². The van der Waals surface area contributed by atoms with Gasteiger partial charge in [-0.15, -0.1) is 0 Å². The summed E-state index contributed by atoms with van der Waals surface area (Å²) >= 11 is 0. The van der Waals surface area contributed by atoms with Crippen molar-refractivity contribution in [3.05, 3.63) is 83.7 Å². The minimum atomic E-state index is -0.322. The Kier molecular flexibility index (Phi) is 4.29. The molecular formula is C26H18N2O5. The number of hydrogen-bond donors (Lipinski definition) is 0. The van der Waals surface area contributed by atoms with Gasteiger partial charge in [0, 0.05) is 18.0 Å². The van der Waals surface area contributed by atoms with Crippen molar-refractivity contribution >= 4 is 22.6 Å². The van der Waals surface area contributed by atoms with Gasteiger partial charge in [0.15, 0.2) is 11.5 Å². The largest absolute Gasteiger partial charge is 0.497 e. The Balaban J connectivity index is 1.58. The van der Waals surface area contributed by atoms with Crippen LogP contribution < -0.4 is 14.2 Å². The molecular weight excluding hydrogens is 420 g/mol. The lowest BCUT2D eigenvalue weighted by Crippen LogP contribution is -2.29. The van der Waals surface area contributed by atoms with E-state index in [0.29, 0.717) is 33.9 Å². The molecule has 0 aliphatic carbocycles. The number of pyridine rings is 1. The maximum atomic E-state index is 13.6. The van der Waals surface area contributed by atoms with Crippen molar-refractivity contribution in [2.45, 2.75) is 6.54 Å². The fraction of sp³-hybridized carbons (Fsp3) is 0.115. The second kappa shape index (κ2) is 7.34. The van der Waals surface area contributed by atoms with Crippen LogP contribution >= 0.6 is 0 Å². The minimum absolute atomic E-state index is 0.140. The first kappa shape index (κ1) is 19.3. The van der Waals surface area contributed by atoms with E-state index in [1.54, 1.807) is 37.7 Å². The standard InChI is InChI=1S/C26H18N2O5/c1-31-18-4-2-16(3-5-18)23-19-12-22-21(32-14-33-22)11-17(19)10-20-24(23)26(30)28(25(20)29)13-15-6-8-27-9-7-15/h2-12H,13-14H2,1H3. The molecule has 0 spiro atoms. The number of hydrogen-bond acceptors (Lipinski definition) is 6. The summed E-state index contributed by atoms with van der Waals surface area (Å²) in [5, 5.41) is 1.62. The van der Waals surface area contributed by atoms with E-state index < -0.39 is 0 Å². The number of ether oxygens (including phenoxy) is 3. The van der Waals surface area contributed by atoms with E-state index >= 15 is 0 Å². The van der Waals surface area contributed by atoms with Crippen LogP contribution in [0.1, 0.15) is 26.3 Å². The first-order valence-electron chi connectivity index (χ1n) is 10.4. The molecule has 7 nitrogen and oxygen atoms in total. The molecule has 4 aromatic rings. The van der Waals surface area contributed by atoms with Crippen LogP contribution in [0.3, 0.4) is 0 Å². The summed E-state index contributed by atoms with van der Waals surface area (Å²) in [7, 11) is 1.60. The minimum Gasteiger partial charge on any atom is -0.497 e. The Bertz CT molecular complexity index is 1430. The number of rotatable bonds is 4. The predicted molar refractivity (Wildman–Crippen MR) is 121 cm³/mol. The number of carbonyl (C=O) groups is 2. The fourth-order valence-electron chi connectivity index (χ4n) is 4.43. The topological polar surface area (TPSA) is 78.0 Å². The lowest BCUT2D eigenvalue weighted by molar-refractivity contribution is 0.0642. The molecule has 2 aliphatic rings. The normalized spacial score (nSPS) is 14.2. The Morgan fingerprint density at radius 3 is 2.36 bits per heavy atom. The van der Waals surface area contributed by atoms with Crippen molar-refractivity contribution in [2.75, 3.05) is 13.9 Å². The summed E-state index contributed by atoms with van der Waals surface area (Å²) in [6.07, 6.45) is 3.29. The van der Waals surface area contributed by atoms with Crippen LogP contribution in [0.2, 0.25) is 0 Å². The SMILES string of the molecule is COc1ccc(-c2c3c(cc4cc5c(cc24)OCO5)C(=O)N(Cc2ccncc2)C3=O)cc1. The van der Waals surface area contributed by atoms with E-state index in [0.717, 1.165) is 21.9 Å². The number of fused-ring (bicyclic) bond motifs is 3. The smallest absolute Gasteiger partial charge is 0.262 e. The quantitative estimate of drug-likeness (QED) is 0.439. The highest BCUT2D eigenvalue weighted by Gasteiger charge is 2.39. The summed E-state index contributed by atoms with van der Waals surface area (Å²) in [4.78, 5) is 32.3. The van der Waals surface area contributed by atoms with Crippen molar-refractivity contribution in [1.82, 2.24) is 9.88 Å². The Morgan fingerprint density at radius 2 is 1.64 bits per heavy atom. The van der Waals surface area contributed by atoms with Crippen LogP contribution in [-0.2, 0) is 6.54 Å². The summed E-state index contributed by atoms with van der Waals surface area (Å²) < 4.78 is 16.4. The maximum Gasteiger partial charge on any atom is 0.262 e. The molecule has 0 N–H and O–H groups in total. The van der Waals surface area contributed by atoms with Crippen LogP contribution in [0.4, 0.5) is 0 Å². The van der Waals surface area contributed by atoms with Gasteiger partial charge in [0.05, 0.1) is 24.8 Å². The van der Waals surface area contributed by atoms with Gasteiger partial charge < -0.3 is 14.2 Å². The Morgan fingerprint density at radius 1 is 0.909 bits per heavy atom. The third-order valence-electron chi connectivity index (χ3n) is 6.04. The molecule has 2 amide bonds. The van der Waals surface area contributed by atoms with Crippen LogP contribution in [-0.4, -0.2) is 35.6 Å². The van der Waals surface area contributed by atoms with E-state index in [1.807, 2.05) is 36.4 Å². The van der Waals surface area contributed by atoms with Gasteiger partial charge in [0.2, 0.25) is 6.79 Å². The van der Waals surface area contributed by atoms with Gasteiger partial charge in [-0.2, -0.15) is 0 Å². The third kappa shape index (κ3) is 3.01. The highest BCUT2D eigenvalue weighted by atomic mass is 16.7. The first-order valence-corrected chi connectivity index (χ1v) is 10.4. The van der Waals surface area contributed by atoms with Crippen molar-refractivity contribution in [2.24, 2.45) is 0 Å². The number of imide groups is 1. The number of benzene rings is 3. The van der Waals surface area contributed by atoms with Gasteiger partial charge in [-0.05, 0) is 64.4 Å². The zero-order chi connectivity index (χ0) is 22.5. The van der Waals surface area contributed by atoms with Gasteiger partial charge in [0.1, 0.15) is 5.75 Å². The number of nitrogens with zero attached hydrogens (tertiary/aromatic N) is 2. The Labute approximate surface area is 189 Å². The average molecular weight is 438 g/mol. The molecule has 33 heavy (non-hydrogen) atoms. The first-order chi connectivity index (χ1) is 16.1. The highest BCUT2D eigenvalue weighted by Crippen LogP contribution is 2.44. The molecule has 0 saturated carbocycles. The van der Waals surface area contributed by atoms with Crippen LogP contribution in [0, 0.1) is 0 Å². The summed E-state index contributed by atoms with van der Waals surface area (Å²) in [6.45, 7) is 0.316. The number of methoxy groups -OCH3 is 1. The van der Waals surface area contributed by atoms with Crippen LogP contribution in [0.15, 0.2) is 67.0 Å². The monoisotopic (exact) mass is 438 g/mol. The molecule has 3 aromatic carbocycles. The molecule has 3 heterocycles. The van der Waals surface area contributed by atoms with E-state index in [1.165, 1.54) is 4.90 Å². The zero-order valence-corrected chi connectivity index (χ0v) is 17.7. The van der Waals surface area contributed by atoms with Gasteiger partial charge in [0.25, 0.3) is 11.8 Å². The van der Waals surface area contributed by atoms with Gasteiger partial charge in [-0.3, -0.25) is 19.5 Å². The number of aromatic nitrogens is 1. The zero-order valence-electron chi connectivity index (χ0n) is 17.7. The second-order valence-electron chi connectivity index (χ2n) is 7.88. The molecule has 0 radical (unpaired) electrons. The highest BCUT2D eigenvalue weighted by molar-refractivity contribution is 6.27. The maximum absolute atomic E-state index is 13.6. The molecule has 0 fully saturated rings. The summed E-state index contributed by atoms with van der Waals surface area (Å²) in [5.74, 6) is 1.30. The molecule has 0 unspecified atom stereocenters. The third-order valence-corrected chi connectivity index (χ3v) is 6.04. The molecule has 2 aliphatic heterocycles. The van der Waals surface area contributed by atoms with E-state index in [2.05, 4.69) is 4.98 Å². The summed E-state index contributed by atoms with van der Waals surface area (Å²) in [6, 6.07) is 16.5. The predicted octanol–water partition coefficient (Wildman–Crippen LogP) is 4.44. The molecule has 1 aromatic heterocycles. The van der Waals surface area contributed by atoms with Gasteiger partial charge in [-0.25, -0.2) is 0 Å². The molecule has 162 valence electrons. The number of amides is 2. The van der Waals surface area contributed by atoms with Gasteiger partial charge in [-0.1, -0.05) is 12.1 Å². The van der Waals surface area contributed by atoms with Crippen molar-refractivity contribution in [3.8, 4) is 28.4 Å². The second-order valence-corrected chi connectivity index (χ2v) is 7.88. The molecule has 6 rings (SSSR count). The Hall–Kier alpha value is -4.39. The van der Waals surface area contributed by atoms with Crippen molar-refractivity contribution < 1.29 is 23.8 Å². The lowest BCUT2D eigenvalue weighted by atomic mass is 9.90. The van der Waals surface area contributed by atoms with E-state index in [4.69, 9.17) is 14.2 Å². The average Bonchev–Trinajstić information content (AvgIpc) is 3.40. The molecule has 0 atom stereocenters. The lowest BCUT2D eigenvalue weighted by Gasteiger charge is -2.14. The van der Waals surface area contributed by atoms with Crippen molar-refractivity contribution in [3.63, 3.8) is 0 Å². The molecule has 7 heteroatoms. The molecule has 0 bridgehead atoms. The summed E-state index contributed by atoms with van der Waals surface area (Å²) in [5.41, 5.74) is 3.11. The van der Waals surface area contributed by atoms with E-state index in [-0.39, 0.29) is 25.2 Å². The van der Waals surface area contributed by atoms with Crippen molar-refractivity contribution in [1.29, 1.82) is 0 Å².